The number of rotatable bonds is 9. The van der Waals surface area contributed by atoms with Crippen molar-refractivity contribution in [2.45, 2.75) is 59.6 Å². The van der Waals surface area contributed by atoms with Gasteiger partial charge in [0.05, 0.1) is 18.2 Å². The first-order valence-corrected chi connectivity index (χ1v) is 12.0. The summed E-state index contributed by atoms with van der Waals surface area (Å²) < 4.78 is 21.1. The highest BCUT2D eigenvalue weighted by molar-refractivity contribution is 5.93. The zero-order valence-corrected chi connectivity index (χ0v) is 22.0. The van der Waals surface area contributed by atoms with Crippen molar-refractivity contribution < 1.29 is 28.9 Å². The van der Waals surface area contributed by atoms with Crippen LogP contribution in [-0.2, 0) is 4.79 Å². The molecular formula is C28H34FN3O5. The molecule has 2 atom stereocenters. The third kappa shape index (κ3) is 6.74. The molecule has 3 aromatic rings. The fourth-order valence-corrected chi connectivity index (χ4v) is 3.66. The SMILES string of the molecule is Cc1ccc(C(CC(=O)O)NC(=O)c2cc(OCC(C)(O)C(C)(C)C)n(-c3cccc(F)c3)n2)c(C)c1. The summed E-state index contributed by atoms with van der Waals surface area (Å²) in [4.78, 5) is 24.8. The summed E-state index contributed by atoms with van der Waals surface area (Å²) in [5.74, 6) is -2.05. The number of halogens is 1. The molecule has 0 spiro atoms. The second-order valence-corrected chi connectivity index (χ2v) is 10.6. The van der Waals surface area contributed by atoms with Gasteiger partial charge in [-0.3, -0.25) is 9.59 Å². The van der Waals surface area contributed by atoms with E-state index in [9.17, 15) is 24.2 Å². The Bertz CT molecular complexity index is 1290. The van der Waals surface area contributed by atoms with Crippen molar-refractivity contribution in [3.63, 3.8) is 0 Å². The van der Waals surface area contributed by atoms with Gasteiger partial charge in [-0.05, 0) is 55.5 Å². The normalized spacial score (nSPS) is 14.1. The predicted octanol–water partition coefficient (Wildman–Crippen LogP) is 4.75. The first-order valence-electron chi connectivity index (χ1n) is 12.0. The molecule has 0 aliphatic carbocycles. The van der Waals surface area contributed by atoms with E-state index in [-0.39, 0.29) is 24.6 Å². The van der Waals surface area contributed by atoms with Crippen molar-refractivity contribution in [3.05, 3.63) is 76.7 Å². The first kappa shape index (κ1) is 27.9. The van der Waals surface area contributed by atoms with Crippen LogP contribution in [0.5, 0.6) is 5.88 Å². The molecule has 37 heavy (non-hydrogen) atoms. The van der Waals surface area contributed by atoms with Crippen LogP contribution < -0.4 is 10.1 Å². The maximum absolute atomic E-state index is 14.0. The number of benzene rings is 2. The molecule has 2 aromatic carbocycles. The molecule has 0 fully saturated rings. The monoisotopic (exact) mass is 511 g/mol. The molecule has 1 heterocycles. The summed E-state index contributed by atoms with van der Waals surface area (Å²) in [6.45, 7) is 10.9. The standard InChI is InChI=1S/C28H34FN3O5/c1-17-10-11-21(18(2)12-17)22(15-25(33)34)30-26(35)23-14-24(37-16-28(6,36)27(3,4)5)32(31-23)20-9-7-8-19(29)13-20/h7-14,22,36H,15-16H2,1-6H3,(H,30,35)(H,33,34). The van der Waals surface area contributed by atoms with Crippen LogP contribution in [0, 0.1) is 25.1 Å². The van der Waals surface area contributed by atoms with Crippen molar-refractivity contribution in [2.24, 2.45) is 5.41 Å². The van der Waals surface area contributed by atoms with Crippen LogP contribution in [0.3, 0.4) is 0 Å². The lowest BCUT2D eigenvalue weighted by Crippen LogP contribution is -2.45. The maximum atomic E-state index is 14.0. The van der Waals surface area contributed by atoms with E-state index in [4.69, 9.17) is 4.74 Å². The average molecular weight is 512 g/mol. The second kappa shape index (κ2) is 10.7. The highest BCUT2D eigenvalue weighted by Crippen LogP contribution is 2.31. The number of hydrogen-bond acceptors (Lipinski definition) is 5. The predicted molar refractivity (Wildman–Crippen MR) is 137 cm³/mol. The van der Waals surface area contributed by atoms with Gasteiger partial charge in [-0.2, -0.15) is 5.10 Å². The molecule has 2 unspecified atom stereocenters. The highest BCUT2D eigenvalue weighted by atomic mass is 19.1. The molecule has 0 saturated heterocycles. The van der Waals surface area contributed by atoms with E-state index in [1.807, 2.05) is 46.8 Å². The Morgan fingerprint density at radius 2 is 1.81 bits per heavy atom. The minimum atomic E-state index is -1.22. The van der Waals surface area contributed by atoms with Crippen LogP contribution in [0.4, 0.5) is 4.39 Å². The fourth-order valence-electron chi connectivity index (χ4n) is 3.66. The Morgan fingerprint density at radius 1 is 1.11 bits per heavy atom. The lowest BCUT2D eigenvalue weighted by atomic mass is 9.78. The van der Waals surface area contributed by atoms with Gasteiger partial charge >= 0.3 is 5.97 Å². The number of carboxylic acids is 1. The Labute approximate surface area is 216 Å². The summed E-state index contributed by atoms with van der Waals surface area (Å²) >= 11 is 0. The number of aryl methyl sites for hydroxylation is 2. The average Bonchev–Trinajstić information content (AvgIpc) is 3.21. The number of ether oxygens (including phenoxy) is 1. The van der Waals surface area contributed by atoms with Crippen LogP contribution in [0.2, 0.25) is 0 Å². The van der Waals surface area contributed by atoms with Gasteiger partial charge in [0, 0.05) is 6.07 Å². The van der Waals surface area contributed by atoms with Crippen molar-refractivity contribution in [1.29, 1.82) is 0 Å². The topological polar surface area (TPSA) is 114 Å². The van der Waals surface area contributed by atoms with Crippen molar-refractivity contribution in [1.82, 2.24) is 15.1 Å². The minimum absolute atomic E-state index is 0.0465. The summed E-state index contributed by atoms with van der Waals surface area (Å²) in [5.41, 5.74) is 1.10. The minimum Gasteiger partial charge on any atom is -0.481 e. The van der Waals surface area contributed by atoms with Gasteiger partial charge in [-0.15, -0.1) is 0 Å². The molecule has 1 aromatic heterocycles. The Morgan fingerprint density at radius 3 is 2.41 bits per heavy atom. The van der Waals surface area contributed by atoms with Crippen LogP contribution in [0.1, 0.15) is 67.3 Å². The number of nitrogens with one attached hydrogen (secondary N) is 1. The number of hydrogen-bond donors (Lipinski definition) is 3. The third-order valence-corrected chi connectivity index (χ3v) is 6.56. The molecule has 0 saturated carbocycles. The quantitative estimate of drug-likeness (QED) is 0.382. The van der Waals surface area contributed by atoms with Gasteiger partial charge < -0.3 is 20.3 Å². The van der Waals surface area contributed by atoms with Crippen molar-refractivity contribution >= 4 is 11.9 Å². The van der Waals surface area contributed by atoms with Crippen molar-refractivity contribution in [2.75, 3.05) is 6.61 Å². The number of aliphatic carboxylic acids is 1. The summed E-state index contributed by atoms with van der Waals surface area (Å²) in [6, 6.07) is 11.8. The van der Waals surface area contributed by atoms with Crippen LogP contribution in [0.15, 0.2) is 48.5 Å². The smallest absolute Gasteiger partial charge is 0.305 e. The Hall–Kier alpha value is -3.72. The lowest BCUT2D eigenvalue weighted by Gasteiger charge is -2.36. The third-order valence-electron chi connectivity index (χ3n) is 6.56. The molecule has 8 nitrogen and oxygen atoms in total. The van der Waals surface area contributed by atoms with E-state index in [0.29, 0.717) is 11.3 Å². The van der Waals surface area contributed by atoms with Gasteiger partial charge in [0.2, 0.25) is 5.88 Å². The van der Waals surface area contributed by atoms with Crippen LogP contribution in [0.25, 0.3) is 5.69 Å². The van der Waals surface area contributed by atoms with E-state index >= 15 is 0 Å². The first-order chi connectivity index (χ1) is 17.2. The summed E-state index contributed by atoms with van der Waals surface area (Å²) in [7, 11) is 0. The number of amides is 1. The van der Waals surface area contributed by atoms with Gasteiger partial charge in [0.15, 0.2) is 5.69 Å². The lowest BCUT2D eigenvalue weighted by molar-refractivity contribution is -0.137. The second-order valence-electron chi connectivity index (χ2n) is 10.6. The van der Waals surface area contributed by atoms with E-state index in [1.54, 1.807) is 19.1 Å². The molecule has 9 heteroatoms. The molecule has 198 valence electrons. The van der Waals surface area contributed by atoms with E-state index in [1.165, 1.54) is 28.9 Å². The molecule has 3 N–H and O–H groups in total. The van der Waals surface area contributed by atoms with Gasteiger partial charge in [0.25, 0.3) is 5.91 Å². The zero-order valence-electron chi connectivity index (χ0n) is 22.0. The Kier molecular flexibility index (Phi) is 8.07. The number of aliphatic hydroxyl groups is 1. The number of nitrogens with zero attached hydrogens (tertiary/aromatic N) is 2. The van der Waals surface area contributed by atoms with E-state index in [0.717, 1.165) is 11.1 Å². The number of carbonyl (C=O) groups excluding carboxylic acids is 1. The van der Waals surface area contributed by atoms with Crippen molar-refractivity contribution in [3.8, 4) is 11.6 Å². The van der Waals surface area contributed by atoms with E-state index < -0.39 is 34.8 Å². The molecule has 1 amide bonds. The highest BCUT2D eigenvalue weighted by Gasteiger charge is 2.36. The maximum Gasteiger partial charge on any atom is 0.305 e. The largest absolute Gasteiger partial charge is 0.481 e. The van der Waals surface area contributed by atoms with Gasteiger partial charge in [0.1, 0.15) is 18.0 Å². The number of carboxylic acid groups (broad SMARTS) is 1. The molecule has 0 bridgehead atoms. The number of aromatic nitrogens is 2. The Balaban J connectivity index is 1.96. The van der Waals surface area contributed by atoms with E-state index in [2.05, 4.69) is 10.4 Å². The molecule has 0 radical (unpaired) electrons. The molecule has 0 aliphatic heterocycles. The summed E-state index contributed by atoms with van der Waals surface area (Å²) in [5, 5.41) is 27.4. The van der Waals surface area contributed by atoms with Crippen LogP contribution >= 0.6 is 0 Å². The fraction of sp³-hybridized carbons (Fsp3) is 0.393. The molecular weight excluding hydrogens is 477 g/mol. The molecule has 3 rings (SSSR count). The van der Waals surface area contributed by atoms with Crippen LogP contribution in [-0.4, -0.2) is 44.1 Å². The van der Waals surface area contributed by atoms with Gasteiger partial charge in [-0.25, -0.2) is 9.07 Å². The molecule has 0 aliphatic rings. The zero-order chi connectivity index (χ0) is 27.5. The van der Waals surface area contributed by atoms with Gasteiger partial charge in [-0.1, -0.05) is 50.6 Å². The number of carbonyl (C=O) groups is 2. The summed E-state index contributed by atoms with van der Waals surface area (Å²) in [6.07, 6.45) is -0.321.